The van der Waals surface area contributed by atoms with Gasteiger partial charge in [0, 0.05) is 24.4 Å². The van der Waals surface area contributed by atoms with E-state index < -0.39 is 0 Å². The number of benzene rings is 1. The van der Waals surface area contributed by atoms with Crippen LogP contribution in [-0.2, 0) is 11.3 Å². The number of methoxy groups -OCH3 is 2. The monoisotopic (exact) mass is 342 g/mol. The van der Waals surface area contributed by atoms with Crippen LogP contribution < -0.4 is 19.5 Å². The van der Waals surface area contributed by atoms with Crippen molar-refractivity contribution in [2.45, 2.75) is 13.5 Å². The lowest BCUT2D eigenvalue weighted by Gasteiger charge is -2.09. The summed E-state index contributed by atoms with van der Waals surface area (Å²) in [5.41, 5.74) is 1.67. The second-order valence-corrected chi connectivity index (χ2v) is 5.07. The van der Waals surface area contributed by atoms with Gasteiger partial charge < -0.3 is 19.5 Å². The zero-order chi connectivity index (χ0) is 18.1. The molecular formula is C19H22N2O4. The van der Waals surface area contributed by atoms with Gasteiger partial charge in [-0.2, -0.15) is 0 Å². The highest BCUT2D eigenvalue weighted by Crippen LogP contribution is 2.27. The number of carbonyl (C=O) groups excluding carboxylic acids is 1. The summed E-state index contributed by atoms with van der Waals surface area (Å²) in [5, 5.41) is 2.82. The third kappa shape index (κ3) is 5.24. The van der Waals surface area contributed by atoms with Gasteiger partial charge >= 0.3 is 0 Å². The lowest BCUT2D eigenvalue weighted by Crippen LogP contribution is -2.20. The zero-order valence-corrected chi connectivity index (χ0v) is 14.6. The first-order valence-corrected chi connectivity index (χ1v) is 7.92. The van der Waals surface area contributed by atoms with Crippen molar-refractivity contribution in [3.05, 3.63) is 53.7 Å². The van der Waals surface area contributed by atoms with Crippen LogP contribution in [0.15, 0.2) is 42.6 Å². The van der Waals surface area contributed by atoms with E-state index >= 15 is 0 Å². The van der Waals surface area contributed by atoms with Crippen molar-refractivity contribution in [2.75, 3.05) is 20.8 Å². The molecule has 0 atom stereocenters. The van der Waals surface area contributed by atoms with E-state index in [1.165, 1.54) is 6.08 Å². The van der Waals surface area contributed by atoms with Gasteiger partial charge in [-0.15, -0.1) is 0 Å². The van der Waals surface area contributed by atoms with Gasteiger partial charge in [-0.05, 0) is 36.8 Å². The fraction of sp³-hybridized carbons (Fsp3) is 0.263. The molecule has 0 spiro atoms. The molecule has 2 rings (SSSR count). The largest absolute Gasteiger partial charge is 0.493 e. The Hall–Kier alpha value is -3.02. The SMILES string of the molecule is CCOc1ncccc1CNC(=O)/C=C/c1ccc(OC)c(OC)c1. The Morgan fingerprint density at radius 1 is 1.20 bits per heavy atom. The molecule has 0 aliphatic rings. The van der Waals surface area contributed by atoms with Crippen molar-refractivity contribution in [3.8, 4) is 17.4 Å². The number of hydrogen-bond donors (Lipinski definition) is 1. The van der Waals surface area contributed by atoms with Crippen LogP contribution in [0.4, 0.5) is 0 Å². The standard InChI is InChI=1S/C19H22N2O4/c1-4-25-19-15(6-5-11-20-19)13-21-18(22)10-8-14-7-9-16(23-2)17(12-14)24-3/h5-12H,4,13H2,1-3H3,(H,21,22)/b10-8+. The molecule has 0 bridgehead atoms. The summed E-state index contributed by atoms with van der Waals surface area (Å²) in [7, 11) is 3.15. The molecule has 1 amide bonds. The van der Waals surface area contributed by atoms with Crippen molar-refractivity contribution in [2.24, 2.45) is 0 Å². The molecule has 0 radical (unpaired) electrons. The van der Waals surface area contributed by atoms with Gasteiger partial charge in [-0.1, -0.05) is 12.1 Å². The lowest BCUT2D eigenvalue weighted by atomic mass is 10.2. The van der Waals surface area contributed by atoms with E-state index in [-0.39, 0.29) is 5.91 Å². The van der Waals surface area contributed by atoms with Crippen LogP contribution in [0.25, 0.3) is 6.08 Å². The molecule has 0 saturated carbocycles. The molecule has 1 heterocycles. The number of aromatic nitrogens is 1. The molecule has 1 N–H and O–H groups in total. The quantitative estimate of drug-likeness (QED) is 0.747. The van der Waals surface area contributed by atoms with Crippen molar-refractivity contribution in [1.29, 1.82) is 0 Å². The highest BCUT2D eigenvalue weighted by molar-refractivity contribution is 5.91. The van der Waals surface area contributed by atoms with Gasteiger partial charge in [-0.3, -0.25) is 4.79 Å². The van der Waals surface area contributed by atoms with Gasteiger partial charge in [0.15, 0.2) is 11.5 Å². The average Bonchev–Trinajstić information content (AvgIpc) is 2.65. The summed E-state index contributed by atoms with van der Waals surface area (Å²) in [5.74, 6) is 1.58. The fourth-order valence-electron chi connectivity index (χ4n) is 2.19. The number of carbonyl (C=O) groups is 1. The number of amides is 1. The number of nitrogens with one attached hydrogen (secondary N) is 1. The summed E-state index contributed by atoms with van der Waals surface area (Å²) in [6.45, 7) is 2.76. The van der Waals surface area contributed by atoms with E-state index in [4.69, 9.17) is 14.2 Å². The Morgan fingerprint density at radius 2 is 2.00 bits per heavy atom. The van der Waals surface area contributed by atoms with Gasteiger partial charge in [-0.25, -0.2) is 4.98 Å². The van der Waals surface area contributed by atoms with E-state index in [0.29, 0.717) is 30.5 Å². The van der Waals surface area contributed by atoms with Crippen molar-refractivity contribution in [1.82, 2.24) is 10.3 Å². The van der Waals surface area contributed by atoms with E-state index in [1.54, 1.807) is 38.6 Å². The predicted octanol–water partition coefficient (Wildman–Crippen LogP) is 2.83. The molecule has 0 aliphatic carbocycles. The molecule has 6 nitrogen and oxygen atoms in total. The third-order valence-electron chi connectivity index (χ3n) is 3.42. The number of ether oxygens (including phenoxy) is 3. The summed E-state index contributed by atoms with van der Waals surface area (Å²) in [6.07, 6.45) is 4.84. The first kappa shape index (κ1) is 18.3. The van der Waals surface area contributed by atoms with Crippen molar-refractivity contribution >= 4 is 12.0 Å². The van der Waals surface area contributed by atoms with Gasteiger partial charge in [0.05, 0.1) is 20.8 Å². The van der Waals surface area contributed by atoms with Crippen LogP contribution >= 0.6 is 0 Å². The van der Waals surface area contributed by atoms with Gasteiger partial charge in [0.2, 0.25) is 11.8 Å². The highest BCUT2D eigenvalue weighted by Gasteiger charge is 2.06. The Morgan fingerprint density at radius 3 is 2.72 bits per heavy atom. The number of hydrogen-bond acceptors (Lipinski definition) is 5. The molecule has 2 aromatic rings. The Kier molecular flexibility index (Phi) is 6.83. The maximum atomic E-state index is 12.0. The molecule has 6 heteroatoms. The second kappa shape index (κ2) is 9.32. The van der Waals surface area contributed by atoms with Crippen molar-refractivity contribution < 1.29 is 19.0 Å². The van der Waals surface area contributed by atoms with Crippen LogP contribution in [0, 0.1) is 0 Å². The zero-order valence-electron chi connectivity index (χ0n) is 14.6. The molecular weight excluding hydrogens is 320 g/mol. The molecule has 1 aromatic heterocycles. The molecule has 132 valence electrons. The first-order chi connectivity index (χ1) is 12.2. The van der Waals surface area contributed by atoms with Crippen LogP contribution in [-0.4, -0.2) is 31.7 Å². The number of nitrogens with zero attached hydrogens (tertiary/aromatic N) is 1. The predicted molar refractivity (Wildman–Crippen MR) is 95.8 cm³/mol. The fourth-order valence-corrected chi connectivity index (χ4v) is 2.19. The maximum Gasteiger partial charge on any atom is 0.244 e. The maximum absolute atomic E-state index is 12.0. The van der Waals surface area contributed by atoms with Crippen molar-refractivity contribution in [3.63, 3.8) is 0 Å². The minimum absolute atomic E-state index is 0.207. The van der Waals surface area contributed by atoms with E-state index in [2.05, 4.69) is 10.3 Å². The highest BCUT2D eigenvalue weighted by atomic mass is 16.5. The summed E-state index contributed by atoms with van der Waals surface area (Å²) in [4.78, 5) is 16.2. The smallest absolute Gasteiger partial charge is 0.244 e. The number of pyridine rings is 1. The minimum Gasteiger partial charge on any atom is -0.493 e. The van der Waals surface area contributed by atoms with E-state index in [1.807, 2.05) is 25.1 Å². The number of rotatable bonds is 8. The van der Waals surface area contributed by atoms with Crippen LogP contribution in [0.5, 0.6) is 17.4 Å². The second-order valence-electron chi connectivity index (χ2n) is 5.07. The summed E-state index contributed by atoms with van der Waals surface area (Å²) >= 11 is 0. The molecule has 25 heavy (non-hydrogen) atoms. The Labute approximate surface area is 147 Å². The Bertz CT molecular complexity index is 744. The Balaban J connectivity index is 1.97. The molecule has 0 aliphatic heterocycles. The van der Waals surface area contributed by atoms with Crippen LogP contribution in [0.2, 0.25) is 0 Å². The van der Waals surface area contributed by atoms with Crippen LogP contribution in [0.1, 0.15) is 18.1 Å². The molecule has 0 fully saturated rings. The molecule has 0 unspecified atom stereocenters. The van der Waals surface area contributed by atoms with E-state index in [0.717, 1.165) is 11.1 Å². The summed E-state index contributed by atoms with van der Waals surface area (Å²) < 4.78 is 15.9. The van der Waals surface area contributed by atoms with Gasteiger partial charge in [0.25, 0.3) is 0 Å². The van der Waals surface area contributed by atoms with Crippen LogP contribution in [0.3, 0.4) is 0 Å². The molecule has 0 saturated heterocycles. The summed E-state index contributed by atoms with van der Waals surface area (Å²) in [6, 6.07) is 9.12. The normalized spacial score (nSPS) is 10.5. The topological polar surface area (TPSA) is 69.7 Å². The van der Waals surface area contributed by atoms with E-state index in [9.17, 15) is 4.79 Å². The molecule has 1 aromatic carbocycles. The third-order valence-corrected chi connectivity index (χ3v) is 3.42. The minimum atomic E-state index is -0.207. The average molecular weight is 342 g/mol. The first-order valence-electron chi connectivity index (χ1n) is 7.92. The lowest BCUT2D eigenvalue weighted by molar-refractivity contribution is -0.116. The van der Waals surface area contributed by atoms with Gasteiger partial charge in [0.1, 0.15) is 0 Å².